The van der Waals surface area contributed by atoms with Gasteiger partial charge in [0.05, 0.1) is 11.5 Å². The molecule has 2 aromatic carbocycles. The van der Waals surface area contributed by atoms with E-state index in [0.29, 0.717) is 23.6 Å². The second-order valence-electron chi connectivity index (χ2n) is 7.54. The number of nitrogens with zero attached hydrogens (tertiary/aromatic N) is 1. The molecule has 7 heteroatoms. The number of nitro benzene ring substituents is 1. The zero-order chi connectivity index (χ0) is 22.9. The number of aryl methyl sites for hydroxylation is 4. The van der Waals surface area contributed by atoms with Crippen molar-refractivity contribution in [2.75, 3.05) is 11.9 Å². The molecule has 0 saturated heterocycles. The van der Waals surface area contributed by atoms with E-state index in [9.17, 15) is 14.9 Å². The van der Waals surface area contributed by atoms with Crippen LogP contribution in [-0.2, 0) is 4.79 Å². The van der Waals surface area contributed by atoms with E-state index in [-0.39, 0.29) is 11.6 Å². The number of furan rings is 1. The first-order valence-electron chi connectivity index (χ1n) is 10.0. The average Bonchev–Trinajstić information content (AvgIpc) is 2.99. The molecule has 0 atom stereocenters. The summed E-state index contributed by atoms with van der Waals surface area (Å²) in [5, 5.41) is 14.7. The molecule has 1 heterocycles. The third-order valence-corrected chi connectivity index (χ3v) is 5.39. The molecule has 3 aromatic rings. The summed E-state index contributed by atoms with van der Waals surface area (Å²) >= 11 is 0. The van der Waals surface area contributed by atoms with Crippen LogP contribution < -0.4 is 10.1 Å². The summed E-state index contributed by atoms with van der Waals surface area (Å²) < 4.78 is 11.8. The Morgan fingerprint density at radius 1 is 1.19 bits per heavy atom. The van der Waals surface area contributed by atoms with Gasteiger partial charge in [-0.3, -0.25) is 14.9 Å². The van der Waals surface area contributed by atoms with E-state index in [1.807, 2.05) is 40.7 Å². The van der Waals surface area contributed by atoms with Crippen molar-refractivity contribution in [3.8, 4) is 5.75 Å². The Hall–Kier alpha value is -3.61. The minimum Gasteiger partial charge on any atom is -0.493 e. The van der Waals surface area contributed by atoms with Crippen molar-refractivity contribution in [1.29, 1.82) is 0 Å². The molecule has 0 fully saturated rings. The lowest BCUT2D eigenvalue weighted by molar-refractivity contribution is -0.384. The summed E-state index contributed by atoms with van der Waals surface area (Å²) in [6, 6.07) is 6.33. The Balaban J connectivity index is 1.98. The van der Waals surface area contributed by atoms with Crippen molar-refractivity contribution in [2.45, 2.75) is 41.5 Å². The standard InChI is InChI=1S/C24H26N2O5/c1-7-30-23-16(5)24-20(15(4)17(6)31-24)12-19(23)13(2)11-22(27)25-21-9-8-18(26(28)29)10-14(21)3/h8-12H,7H2,1-6H3,(H,25,27)/b13-11+. The maximum Gasteiger partial charge on any atom is 0.269 e. The van der Waals surface area contributed by atoms with Crippen LogP contribution in [0.1, 0.15) is 41.9 Å². The largest absolute Gasteiger partial charge is 0.493 e. The number of nitro groups is 1. The first kappa shape index (κ1) is 22.1. The molecule has 0 aliphatic rings. The molecule has 7 nitrogen and oxygen atoms in total. The fourth-order valence-corrected chi connectivity index (χ4v) is 3.58. The van der Waals surface area contributed by atoms with Gasteiger partial charge in [-0.05, 0) is 70.4 Å². The Morgan fingerprint density at radius 3 is 2.52 bits per heavy atom. The highest BCUT2D eigenvalue weighted by Crippen LogP contribution is 2.39. The molecule has 0 bridgehead atoms. The normalized spacial score (nSPS) is 11.6. The lowest BCUT2D eigenvalue weighted by Crippen LogP contribution is -2.10. The Kier molecular flexibility index (Phi) is 6.15. The van der Waals surface area contributed by atoms with Crippen LogP contribution in [-0.4, -0.2) is 17.4 Å². The van der Waals surface area contributed by atoms with Crippen LogP contribution in [0.5, 0.6) is 5.75 Å². The van der Waals surface area contributed by atoms with Gasteiger partial charge >= 0.3 is 0 Å². The molecule has 1 aromatic heterocycles. The van der Waals surface area contributed by atoms with Gasteiger partial charge < -0.3 is 14.5 Å². The lowest BCUT2D eigenvalue weighted by Gasteiger charge is -2.15. The van der Waals surface area contributed by atoms with Crippen LogP contribution in [0.4, 0.5) is 11.4 Å². The molecule has 0 saturated carbocycles. The van der Waals surface area contributed by atoms with Crippen molar-refractivity contribution >= 4 is 33.8 Å². The van der Waals surface area contributed by atoms with E-state index in [4.69, 9.17) is 9.15 Å². The SMILES string of the molecule is CCOc1c(/C(C)=C/C(=O)Nc2ccc([N+](=O)[O-])cc2C)cc2c(C)c(C)oc2c1C. The first-order valence-corrected chi connectivity index (χ1v) is 10.0. The molecule has 0 radical (unpaired) electrons. The minimum atomic E-state index is -0.462. The van der Waals surface area contributed by atoms with Crippen molar-refractivity contribution in [2.24, 2.45) is 0 Å². The molecule has 1 N–H and O–H groups in total. The number of fused-ring (bicyclic) bond motifs is 1. The number of non-ortho nitro benzene ring substituents is 1. The van der Waals surface area contributed by atoms with Gasteiger partial charge in [0.2, 0.25) is 5.91 Å². The quantitative estimate of drug-likeness (QED) is 0.298. The third kappa shape index (κ3) is 4.30. The molecule has 3 rings (SSSR count). The molecule has 31 heavy (non-hydrogen) atoms. The van der Waals surface area contributed by atoms with Crippen molar-refractivity contribution in [1.82, 2.24) is 0 Å². The third-order valence-electron chi connectivity index (χ3n) is 5.39. The van der Waals surface area contributed by atoms with Gasteiger partial charge in [-0.1, -0.05) is 0 Å². The predicted octanol–water partition coefficient (Wildman–Crippen LogP) is 6.02. The Morgan fingerprint density at radius 2 is 1.90 bits per heavy atom. The number of anilines is 1. The van der Waals surface area contributed by atoms with Crippen molar-refractivity contribution in [3.05, 3.63) is 68.5 Å². The summed E-state index contributed by atoms with van der Waals surface area (Å²) in [6.45, 7) is 11.9. The van der Waals surface area contributed by atoms with E-state index in [0.717, 1.165) is 39.0 Å². The second kappa shape index (κ2) is 8.63. The maximum atomic E-state index is 12.7. The Labute approximate surface area is 180 Å². The fourth-order valence-electron chi connectivity index (χ4n) is 3.58. The summed E-state index contributed by atoms with van der Waals surface area (Å²) in [4.78, 5) is 23.1. The molecule has 0 aliphatic carbocycles. The number of benzene rings is 2. The zero-order valence-corrected chi connectivity index (χ0v) is 18.6. The molecule has 0 unspecified atom stereocenters. The van der Waals surface area contributed by atoms with Gasteiger partial charge in [0.15, 0.2) is 0 Å². The van der Waals surface area contributed by atoms with Crippen molar-refractivity contribution < 1.29 is 18.9 Å². The molecule has 162 valence electrons. The number of carbonyl (C=O) groups is 1. The second-order valence-corrected chi connectivity index (χ2v) is 7.54. The van der Waals surface area contributed by atoms with Gasteiger partial charge in [0.25, 0.3) is 5.69 Å². The van der Waals surface area contributed by atoms with Crippen LogP contribution in [0.3, 0.4) is 0 Å². The van der Waals surface area contributed by atoms with Crippen LogP contribution in [0.25, 0.3) is 16.5 Å². The van der Waals surface area contributed by atoms with Gasteiger partial charge in [0, 0.05) is 40.4 Å². The molecular formula is C24H26N2O5. The summed E-state index contributed by atoms with van der Waals surface area (Å²) in [5.41, 5.74) is 5.43. The van der Waals surface area contributed by atoms with E-state index < -0.39 is 4.92 Å². The van der Waals surface area contributed by atoms with E-state index >= 15 is 0 Å². The zero-order valence-electron chi connectivity index (χ0n) is 18.6. The number of ether oxygens (including phenoxy) is 1. The van der Waals surface area contributed by atoms with E-state index in [1.54, 1.807) is 6.92 Å². The van der Waals surface area contributed by atoms with Gasteiger partial charge in [0.1, 0.15) is 17.1 Å². The monoisotopic (exact) mass is 422 g/mol. The topological polar surface area (TPSA) is 94.6 Å². The number of carbonyl (C=O) groups excluding carboxylic acids is 1. The molecule has 1 amide bonds. The van der Waals surface area contributed by atoms with Crippen LogP contribution >= 0.6 is 0 Å². The van der Waals surface area contributed by atoms with Gasteiger partial charge in [-0.2, -0.15) is 0 Å². The highest BCUT2D eigenvalue weighted by atomic mass is 16.6. The smallest absolute Gasteiger partial charge is 0.269 e. The molecular weight excluding hydrogens is 396 g/mol. The van der Waals surface area contributed by atoms with Gasteiger partial charge in [-0.15, -0.1) is 0 Å². The first-order chi connectivity index (χ1) is 14.6. The number of rotatable bonds is 6. The van der Waals surface area contributed by atoms with Crippen molar-refractivity contribution in [3.63, 3.8) is 0 Å². The lowest BCUT2D eigenvalue weighted by atomic mass is 9.98. The number of hydrogen-bond donors (Lipinski definition) is 1. The maximum absolute atomic E-state index is 12.7. The summed E-state index contributed by atoms with van der Waals surface area (Å²) in [5.74, 6) is 1.22. The summed E-state index contributed by atoms with van der Waals surface area (Å²) in [6.07, 6.45) is 1.51. The fraction of sp³-hybridized carbons (Fsp3) is 0.292. The highest BCUT2D eigenvalue weighted by molar-refractivity contribution is 6.05. The van der Waals surface area contributed by atoms with Crippen LogP contribution in [0.15, 0.2) is 34.8 Å². The number of nitrogens with one attached hydrogen (secondary N) is 1. The Bertz CT molecular complexity index is 1220. The van der Waals surface area contributed by atoms with Crippen LogP contribution in [0.2, 0.25) is 0 Å². The number of allylic oxidation sites excluding steroid dienone is 1. The van der Waals surface area contributed by atoms with Crippen LogP contribution in [0, 0.1) is 37.8 Å². The molecule has 0 aliphatic heterocycles. The minimum absolute atomic E-state index is 0.0156. The van der Waals surface area contributed by atoms with E-state index in [2.05, 4.69) is 5.32 Å². The predicted molar refractivity (Wildman–Crippen MR) is 122 cm³/mol. The number of hydrogen-bond acceptors (Lipinski definition) is 5. The number of amides is 1. The average molecular weight is 422 g/mol. The van der Waals surface area contributed by atoms with Gasteiger partial charge in [-0.25, -0.2) is 0 Å². The highest BCUT2D eigenvalue weighted by Gasteiger charge is 2.19. The molecule has 0 spiro atoms. The van der Waals surface area contributed by atoms with E-state index in [1.165, 1.54) is 24.3 Å². The summed E-state index contributed by atoms with van der Waals surface area (Å²) in [7, 11) is 0.